The average molecular weight is 387 g/mol. The minimum absolute atomic E-state index is 0.156. The molecule has 0 amide bonds. The summed E-state index contributed by atoms with van der Waals surface area (Å²) in [6, 6.07) is 15.0. The van der Waals surface area contributed by atoms with Crippen LogP contribution in [0.4, 0.5) is 17.1 Å². The number of nitro benzene ring substituents is 1. The molecular formula is C17H11BrN2O4. The number of non-ortho nitro benzene ring substituents is 1. The smallest absolute Gasteiger partial charge is 0.338 e. The number of halogens is 1. The Bertz CT molecular complexity index is 972. The van der Waals surface area contributed by atoms with Crippen LogP contribution in [0.15, 0.2) is 59.1 Å². The highest BCUT2D eigenvalue weighted by Crippen LogP contribution is 2.33. The topological polar surface area (TPSA) is 92.5 Å². The second-order valence-electron chi connectivity index (χ2n) is 5.06. The highest BCUT2D eigenvalue weighted by Gasteiger charge is 2.17. The van der Waals surface area contributed by atoms with Gasteiger partial charge in [-0.3, -0.25) is 10.1 Å². The van der Waals surface area contributed by atoms with Crippen molar-refractivity contribution < 1.29 is 14.8 Å². The quantitative estimate of drug-likeness (QED) is 0.488. The summed E-state index contributed by atoms with van der Waals surface area (Å²) in [5.74, 6) is -1.23. The van der Waals surface area contributed by atoms with Crippen LogP contribution in [0.3, 0.4) is 0 Å². The minimum atomic E-state index is -1.23. The summed E-state index contributed by atoms with van der Waals surface area (Å²) in [7, 11) is 0. The van der Waals surface area contributed by atoms with Gasteiger partial charge in [0.25, 0.3) is 5.69 Å². The van der Waals surface area contributed by atoms with Gasteiger partial charge in [0.2, 0.25) is 0 Å². The van der Waals surface area contributed by atoms with E-state index in [1.807, 2.05) is 36.4 Å². The first-order valence-corrected chi connectivity index (χ1v) is 7.72. The number of carboxylic acids is 1. The molecule has 3 aromatic rings. The van der Waals surface area contributed by atoms with Crippen molar-refractivity contribution >= 4 is 49.7 Å². The van der Waals surface area contributed by atoms with Gasteiger partial charge in [0, 0.05) is 27.7 Å². The van der Waals surface area contributed by atoms with Gasteiger partial charge in [-0.2, -0.15) is 0 Å². The molecule has 0 aliphatic rings. The number of benzene rings is 3. The average Bonchev–Trinajstić information content (AvgIpc) is 2.57. The van der Waals surface area contributed by atoms with Gasteiger partial charge < -0.3 is 10.4 Å². The monoisotopic (exact) mass is 386 g/mol. The van der Waals surface area contributed by atoms with E-state index in [0.717, 1.165) is 21.3 Å². The lowest BCUT2D eigenvalue weighted by Gasteiger charge is -2.13. The molecular weight excluding hydrogens is 376 g/mol. The number of hydrogen-bond donors (Lipinski definition) is 2. The summed E-state index contributed by atoms with van der Waals surface area (Å²) in [5.41, 5.74) is 0.584. The zero-order chi connectivity index (χ0) is 17.3. The molecule has 0 aliphatic carbocycles. The number of anilines is 2. The molecule has 0 saturated heterocycles. The van der Waals surface area contributed by atoms with Gasteiger partial charge in [0.05, 0.1) is 16.2 Å². The molecule has 6 nitrogen and oxygen atoms in total. The standard InChI is InChI=1S/C17H11BrN2O4/c18-14-6-8-15(12-4-2-1-3-11(12)14)19-16-7-5-10(20(23)24)9-13(16)17(21)22/h1-9,19H,(H,21,22). The summed E-state index contributed by atoms with van der Waals surface area (Å²) >= 11 is 3.48. The Kier molecular flexibility index (Phi) is 4.18. The zero-order valence-electron chi connectivity index (χ0n) is 12.2. The van der Waals surface area contributed by atoms with Crippen molar-refractivity contribution in [3.05, 3.63) is 74.7 Å². The van der Waals surface area contributed by atoms with E-state index < -0.39 is 10.9 Å². The number of rotatable bonds is 4. The van der Waals surface area contributed by atoms with Crippen LogP contribution < -0.4 is 5.32 Å². The molecule has 0 atom stereocenters. The summed E-state index contributed by atoms with van der Waals surface area (Å²) < 4.78 is 0.922. The predicted molar refractivity (Wildman–Crippen MR) is 95.0 cm³/mol. The third-order valence-electron chi connectivity index (χ3n) is 3.58. The van der Waals surface area contributed by atoms with Crippen molar-refractivity contribution in [3.8, 4) is 0 Å². The lowest BCUT2D eigenvalue weighted by atomic mass is 10.1. The molecule has 0 aliphatic heterocycles. The summed E-state index contributed by atoms with van der Waals surface area (Å²) in [6.45, 7) is 0. The maximum atomic E-state index is 11.4. The molecule has 3 aromatic carbocycles. The lowest BCUT2D eigenvalue weighted by Crippen LogP contribution is -2.04. The normalized spacial score (nSPS) is 10.5. The van der Waals surface area contributed by atoms with Gasteiger partial charge >= 0.3 is 5.97 Å². The molecule has 0 spiro atoms. The molecule has 0 heterocycles. The Morgan fingerprint density at radius 3 is 2.38 bits per heavy atom. The van der Waals surface area contributed by atoms with Crippen LogP contribution in [-0.2, 0) is 0 Å². The largest absolute Gasteiger partial charge is 0.478 e. The molecule has 0 unspecified atom stereocenters. The van der Waals surface area contributed by atoms with Crippen molar-refractivity contribution in [3.63, 3.8) is 0 Å². The Hall–Kier alpha value is -2.93. The van der Waals surface area contributed by atoms with Gasteiger partial charge in [0.1, 0.15) is 0 Å². The van der Waals surface area contributed by atoms with Gasteiger partial charge in [-0.1, -0.05) is 40.2 Å². The lowest BCUT2D eigenvalue weighted by molar-refractivity contribution is -0.384. The number of carboxylic acid groups (broad SMARTS) is 1. The summed E-state index contributed by atoms with van der Waals surface area (Å²) in [6.07, 6.45) is 0. The molecule has 7 heteroatoms. The fraction of sp³-hybridized carbons (Fsp3) is 0. The SMILES string of the molecule is O=C(O)c1cc([N+](=O)[O-])ccc1Nc1ccc(Br)c2ccccc12. The molecule has 3 rings (SSSR count). The Balaban J connectivity index is 2.11. The fourth-order valence-electron chi connectivity index (χ4n) is 2.45. The molecule has 0 bridgehead atoms. The molecule has 2 N–H and O–H groups in total. The van der Waals surface area contributed by atoms with Crippen LogP contribution in [0.2, 0.25) is 0 Å². The number of hydrogen-bond acceptors (Lipinski definition) is 4. The third-order valence-corrected chi connectivity index (χ3v) is 4.28. The van der Waals surface area contributed by atoms with Crippen molar-refractivity contribution in [1.82, 2.24) is 0 Å². The Labute approximate surface area is 145 Å². The molecule has 120 valence electrons. The molecule has 0 radical (unpaired) electrons. The molecule has 0 aromatic heterocycles. The highest BCUT2D eigenvalue weighted by molar-refractivity contribution is 9.10. The highest BCUT2D eigenvalue weighted by atomic mass is 79.9. The van der Waals surface area contributed by atoms with E-state index >= 15 is 0 Å². The van der Waals surface area contributed by atoms with Crippen LogP contribution >= 0.6 is 15.9 Å². The number of fused-ring (bicyclic) bond motifs is 1. The zero-order valence-corrected chi connectivity index (χ0v) is 13.8. The Morgan fingerprint density at radius 1 is 1.04 bits per heavy atom. The second-order valence-corrected chi connectivity index (χ2v) is 5.91. The third kappa shape index (κ3) is 2.93. The minimum Gasteiger partial charge on any atom is -0.478 e. The molecule has 0 fully saturated rings. The summed E-state index contributed by atoms with van der Waals surface area (Å²) in [5, 5.41) is 25.1. The number of nitrogens with one attached hydrogen (secondary N) is 1. The number of nitrogens with zero attached hydrogens (tertiary/aromatic N) is 1. The number of carbonyl (C=O) groups is 1. The Morgan fingerprint density at radius 2 is 1.71 bits per heavy atom. The van der Waals surface area contributed by atoms with Gasteiger partial charge in [-0.05, 0) is 23.6 Å². The van der Waals surface area contributed by atoms with Crippen LogP contribution in [0, 0.1) is 10.1 Å². The van der Waals surface area contributed by atoms with E-state index in [2.05, 4.69) is 21.2 Å². The second kappa shape index (κ2) is 6.29. The molecule has 24 heavy (non-hydrogen) atoms. The van der Waals surface area contributed by atoms with E-state index in [4.69, 9.17) is 0 Å². The maximum absolute atomic E-state index is 11.4. The molecule has 0 saturated carbocycles. The van der Waals surface area contributed by atoms with Gasteiger partial charge in [-0.25, -0.2) is 4.79 Å². The van der Waals surface area contributed by atoms with E-state index in [1.165, 1.54) is 12.1 Å². The van der Waals surface area contributed by atoms with Crippen molar-refractivity contribution in [2.75, 3.05) is 5.32 Å². The van der Waals surface area contributed by atoms with E-state index in [1.54, 1.807) is 0 Å². The summed E-state index contributed by atoms with van der Waals surface area (Å²) in [4.78, 5) is 21.7. The van der Waals surface area contributed by atoms with E-state index in [9.17, 15) is 20.0 Å². The van der Waals surface area contributed by atoms with Crippen LogP contribution in [0.1, 0.15) is 10.4 Å². The van der Waals surface area contributed by atoms with Gasteiger partial charge in [-0.15, -0.1) is 0 Å². The van der Waals surface area contributed by atoms with E-state index in [-0.39, 0.29) is 11.3 Å². The van der Waals surface area contributed by atoms with Crippen LogP contribution in [0.5, 0.6) is 0 Å². The van der Waals surface area contributed by atoms with Gasteiger partial charge in [0.15, 0.2) is 0 Å². The van der Waals surface area contributed by atoms with Crippen LogP contribution in [0.25, 0.3) is 10.8 Å². The fourth-order valence-corrected chi connectivity index (χ4v) is 2.93. The first-order chi connectivity index (χ1) is 11.5. The first-order valence-electron chi connectivity index (χ1n) is 6.93. The number of aromatic carboxylic acids is 1. The van der Waals surface area contributed by atoms with E-state index in [0.29, 0.717) is 11.4 Å². The maximum Gasteiger partial charge on any atom is 0.338 e. The first kappa shape index (κ1) is 15.9. The van der Waals surface area contributed by atoms with Crippen molar-refractivity contribution in [1.29, 1.82) is 0 Å². The number of nitro groups is 1. The van der Waals surface area contributed by atoms with Crippen LogP contribution in [-0.4, -0.2) is 16.0 Å². The van der Waals surface area contributed by atoms with Crippen molar-refractivity contribution in [2.45, 2.75) is 0 Å². The predicted octanol–water partition coefficient (Wildman–Crippen LogP) is 4.95. The van der Waals surface area contributed by atoms with Crippen molar-refractivity contribution in [2.24, 2.45) is 0 Å².